The lowest BCUT2D eigenvalue weighted by Gasteiger charge is -2.26. The summed E-state index contributed by atoms with van der Waals surface area (Å²) in [5.74, 6) is 0. The Kier molecular flexibility index (Phi) is 5.68. The maximum Gasteiger partial charge on any atom is 0.0991 e. The Bertz CT molecular complexity index is 365. The predicted molar refractivity (Wildman–Crippen MR) is 68.4 cm³/mol. The molecule has 0 saturated carbocycles. The van der Waals surface area contributed by atoms with Crippen LogP contribution < -0.4 is 0 Å². The lowest BCUT2D eigenvalue weighted by Crippen LogP contribution is -2.31. The highest BCUT2D eigenvalue weighted by atomic mass is 16.3. The summed E-state index contributed by atoms with van der Waals surface area (Å²) in [5, 5.41) is 17.6. The van der Waals surface area contributed by atoms with Crippen molar-refractivity contribution in [3.05, 3.63) is 35.4 Å². The van der Waals surface area contributed by atoms with E-state index in [4.69, 9.17) is 10.4 Å². The number of rotatable bonds is 6. The van der Waals surface area contributed by atoms with E-state index >= 15 is 0 Å². The molecule has 0 amide bonds. The highest BCUT2D eigenvalue weighted by Crippen LogP contribution is 2.10. The van der Waals surface area contributed by atoms with E-state index in [0.29, 0.717) is 11.6 Å². The molecule has 1 aromatic carbocycles. The minimum absolute atomic E-state index is 0.233. The highest BCUT2D eigenvalue weighted by molar-refractivity contribution is 5.31. The van der Waals surface area contributed by atoms with Gasteiger partial charge in [-0.25, -0.2) is 0 Å². The lowest BCUT2D eigenvalue weighted by molar-refractivity contribution is 0.185. The van der Waals surface area contributed by atoms with Gasteiger partial charge >= 0.3 is 0 Å². The van der Waals surface area contributed by atoms with Gasteiger partial charge in [0, 0.05) is 25.7 Å². The summed E-state index contributed by atoms with van der Waals surface area (Å²) in [7, 11) is 0. The topological polar surface area (TPSA) is 47.3 Å². The summed E-state index contributed by atoms with van der Waals surface area (Å²) < 4.78 is 0. The zero-order valence-corrected chi connectivity index (χ0v) is 10.6. The van der Waals surface area contributed by atoms with Crippen LogP contribution in [0.25, 0.3) is 0 Å². The highest BCUT2D eigenvalue weighted by Gasteiger charge is 2.09. The van der Waals surface area contributed by atoms with Crippen LogP contribution in [0.3, 0.4) is 0 Å². The van der Waals surface area contributed by atoms with Gasteiger partial charge in [-0.1, -0.05) is 12.1 Å². The van der Waals surface area contributed by atoms with Crippen molar-refractivity contribution in [2.45, 2.75) is 32.9 Å². The summed E-state index contributed by atoms with van der Waals surface area (Å²) in [6.45, 7) is 6.30. The van der Waals surface area contributed by atoms with Gasteiger partial charge in [-0.3, -0.25) is 4.90 Å². The lowest BCUT2D eigenvalue weighted by atomic mass is 10.1. The third kappa shape index (κ3) is 4.56. The third-order valence-electron chi connectivity index (χ3n) is 2.80. The fraction of sp³-hybridized carbons (Fsp3) is 0.500. The first kappa shape index (κ1) is 13.7. The smallest absolute Gasteiger partial charge is 0.0991 e. The van der Waals surface area contributed by atoms with E-state index in [9.17, 15) is 0 Å². The fourth-order valence-corrected chi connectivity index (χ4v) is 1.71. The molecule has 1 rings (SSSR count). The minimum Gasteiger partial charge on any atom is -0.396 e. The van der Waals surface area contributed by atoms with Crippen LogP contribution in [0.1, 0.15) is 31.4 Å². The third-order valence-corrected chi connectivity index (χ3v) is 2.80. The van der Waals surface area contributed by atoms with Gasteiger partial charge in [-0.2, -0.15) is 5.26 Å². The molecule has 0 unspecified atom stereocenters. The zero-order valence-electron chi connectivity index (χ0n) is 10.6. The van der Waals surface area contributed by atoms with Crippen LogP contribution in [-0.4, -0.2) is 29.2 Å². The van der Waals surface area contributed by atoms with Crippen molar-refractivity contribution in [2.24, 2.45) is 0 Å². The molecule has 0 aliphatic rings. The van der Waals surface area contributed by atoms with Crippen molar-refractivity contribution in [2.75, 3.05) is 13.2 Å². The SMILES string of the molecule is CC(C)N(CCCO)Cc1ccc(C#N)cc1. The van der Waals surface area contributed by atoms with Crippen LogP contribution in [0, 0.1) is 11.3 Å². The van der Waals surface area contributed by atoms with E-state index in [-0.39, 0.29) is 6.61 Å². The standard InChI is InChI=1S/C14H20N2O/c1-12(2)16(8-3-9-17)11-14-6-4-13(10-15)5-7-14/h4-7,12,17H,3,8-9,11H2,1-2H3. The average molecular weight is 232 g/mol. The van der Waals surface area contributed by atoms with Crippen molar-refractivity contribution >= 4 is 0 Å². The van der Waals surface area contributed by atoms with Gasteiger partial charge in [0.2, 0.25) is 0 Å². The fourth-order valence-electron chi connectivity index (χ4n) is 1.71. The molecule has 3 nitrogen and oxygen atoms in total. The monoisotopic (exact) mass is 232 g/mol. The largest absolute Gasteiger partial charge is 0.396 e. The van der Waals surface area contributed by atoms with E-state index in [2.05, 4.69) is 24.8 Å². The molecule has 0 heterocycles. The Labute approximate surface area is 103 Å². The molecule has 0 aromatic heterocycles. The van der Waals surface area contributed by atoms with Gasteiger partial charge in [0.05, 0.1) is 11.6 Å². The van der Waals surface area contributed by atoms with Gasteiger partial charge in [0.1, 0.15) is 0 Å². The summed E-state index contributed by atoms with van der Waals surface area (Å²) in [5.41, 5.74) is 1.90. The normalized spacial score (nSPS) is 10.8. The Morgan fingerprint density at radius 2 is 1.94 bits per heavy atom. The zero-order chi connectivity index (χ0) is 12.7. The summed E-state index contributed by atoms with van der Waals surface area (Å²) in [6, 6.07) is 10.3. The molecule has 0 aliphatic heterocycles. The van der Waals surface area contributed by atoms with Crippen molar-refractivity contribution in [1.82, 2.24) is 4.90 Å². The second-order valence-corrected chi connectivity index (χ2v) is 4.45. The minimum atomic E-state index is 0.233. The van der Waals surface area contributed by atoms with Crippen LogP contribution in [-0.2, 0) is 6.54 Å². The predicted octanol–water partition coefficient (Wildman–Crippen LogP) is 2.15. The van der Waals surface area contributed by atoms with E-state index in [1.54, 1.807) is 0 Å². The molecule has 0 spiro atoms. The Morgan fingerprint density at radius 1 is 1.29 bits per heavy atom. The van der Waals surface area contributed by atoms with Crippen LogP contribution in [0.15, 0.2) is 24.3 Å². The number of nitrogens with zero attached hydrogens (tertiary/aromatic N) is 2. The van der Waals surface area contributed by atoms with Crippen LogP contribution in [0.4, 0.5) is 0 Å². The number of aliphatic hydroxyl groups is 1. The Hall–Kier alpha value is -1.37. The molecular weight excluding hydrogens is 212 g/mol. The van der Waals surface area contributed by atoms with Crippen molar-refractivity contribution in [3.63, 3.8) is 0 Å². The first-order valence-corrected chi connectivity index (χ1v) is 6.01. The number of hydrogen-bond acceptors (Lipinski definition) is 3. The van der Waals surface area contributed by atoms with Crippen LogP contribution in [0.5, 0.6) is 0 Å². The molecule has 92 valence electrons. The van der Waals surface area contributed by atoms with Gasteiger partial charge in [0.15, 0.2) is 0 Å². The van der Waals surface area contributed by atoms with Crippen molar-refractivity contribution in [1.29, 1.82) is 5.26 Å². The summed E-state index contributed by atoms with van der Waals surface area (Å²) >= 11 is 0. The van der Waals surface area contributed by atoms with Gasteiger partial charge in [-0.15, -0.1) is 0 Å². The number of benzene rings is 1. The van der Waals surface area contributed by atoms with Crippen LogP contribution in [0.2, 0.25) is 0 Å². The quantitative estimate of drug-likeness (QED) is 0.817. The number of nitriles is 1. The van der Waals surface area contributed by atoms with E-state index in [1.807, 2.05) is 24.3 Å². The molecule has 0 atom stereocenters. The van der Waals surface area contributed by atoms with E-state index in [1.165, 1.54) is 5.56 Å². The van der Waals surface area contributed by atoms with Gasteiger partial charge < -0.3 is 5.11 Å². The first-order valence-electron chi connectivity index (χ1n) is 6.01. The molecule has 0 saturated heterocycles. The van der Waals surface area contributed by atoms with Crippen molar-refractivity contribution < 1.29 is 5.11 Å². The van der Waals surface area contributed by atoms with Gasteiger partial charge in [-0.05, 0) is 38.0 Å². The maximum atomic E-state index is 8.87. The number of hydrogen-bond donors (Lipinski definition) is 1. The van der Waals surface area contributed by atoms with Gasteiger partial charge in [0.25, 0.3) is 0 Å². The number of aliphatic hydroxyl groups excluding tert-OH is 1. The molecule has 1 aromatic rings. The van der Waals surface area contributed by atoms with Crippen LogP contribution >= 0.6 is 0 Å². The Morgan fingerprint density at radius 3 is 2.41 bits per heavy atom. The Balaban J connectivity index is 2.62. The summed E-state index contributed by atoms with van der Waals surface area (Å²) in [4.78, 5) is 2.32. The molecule has 17 heavy (non-hydrogen) atoms. The molecule has 0 aliphatic carbocycles. The second kappa shape index (κ2) is 7.05. The molecule has 0 fully saturated rings. The van der Waals surface area contributed by atoms with Crippen molar-refractivity contribution in [3.8, 4) is 6.07 Å². The summed E-state index contributed by atoms with van der Waals surface area (Å²) in [6.07, 6.45) is 0.800. The molecular formula is C14H20N2O. The first-order chi connectivity index (χ1) is 8.17. The maximum absolute atomic E-state index is 8.87. The molecule has 1 N–H and O–H groups in total. The average Bonchev–Trinajstić information content (AvgIpc) is 2.35. The molecule has 0 radical (unpaired) electrons. The molecule has 0 bridgehead atoms. The van der Waals surface area contributed by atoms with E-state index in [0.717, 1.165) is 19.5 Å². The molecule has 3 heteroatoms. The second-order valence-electron chi connectivity index (χ2n) is 4.45. The van der Waals surface area contributed by atoms with E-state index < -0.39 is 0 Å².